The molecule has 5 rings (SSSR count). The summed E-state index contributed by atoms with van der Waals surface area (Å²) in [7, 11) is 0. The number of pyridine rings is 1. The molecule has 0 spiro atoms. The van der Waals surface area contributed by atoms with Gasteiger partial charge in [0.2, 0.25) is 0 Å². The van der Waals surface area contributed by atoms with Crippen LogP contribution in [0.1, 0.15) is 72.0 Å². The maximum absolute atomic E-state index is 13.3. The van der Waals surface area contributed by atoms with E-state index in [1.54, 1.807) is 6.20 Å². The Morgan fingerprint density at radius 3 is 2.47 bits per heavy atom. The zero-order chi connectivity index (χ0) is 25.4. The van der Waals surface area contributed by atoms with Crippen molar-refractivity contribution >= 4 is 22.6 Å². The number of benzene rings is 2. The molecular formula is C31H35N3O2. The van der Waals surface area contributed by atoms with Crippen molar-refractivity contribution in [3.8, 4) is 0 Å². The number of rotatable bonds is 8. The first-order valence-corrected chi connectivity index (χ1v) is 13.1. The van der Waals surface area contributed by atoms with E-state index in [4.69, 9.17) is 4.74 Å². The molecule has 0 N–H and O–H groups in total. The van der Waals surface area contributed by atoms with Crippen molar-refractivity contribution in [2.45, 2.75) is 59.6 Å². The molecule has 1 atom stereocenters. The fourth-order valence-electron chi connectivity index (χ4n) is 5.92. The van der Waals surface area contributed by atoms with Crippen LogP contribution in [0.4, 0.5) is 5.69 Å². The van der Waals surface area contributed by atoms with Crippen LogP contribution in [0, 0.1) is 13.8 Å². The van der Waals surface area contributed by atoms with Crippen LogP contribution in [-0.2, 0) is 16.9 Å². The number of unbranched alkanes of at least 4 members (excludes halogenated alkanes) is 1. The third kappa shape index (κ3) is 3.52. The number of cyclic esters (lactones) is 1. The number of esters is 1. The summed E-state index contributed by atoms with van der Waals surface area (Å²) in [6.45, 7) is 13.6. The van der Waals surface area contributed by atoms with Crippen molar-refractivity contribution in [1.82, 2.24) is 9.55 Å². The van der Waals surface area contributed by atoms with Gasteiger partial charge in [-0.1, -0.05) is 43.7 Å². The van der Waals surface area contributed by atoms with Crippen LogP contribution in [0.15, 0.2) is 60.8 Å². The number of fused-ring (bicyclic) bond motifs is 2. The van der Waals surface area contributed by atoms with E-state index >= 15 is 0 Å². The summed E-state index contributed by atoms with van der Waals surface area (Å²) in [5, 5.41) is 1.11. The summed E-state index contributed by atoms with van der Waals surface area (Å²) >= 11 is 0. The lowest BCUT2D eigenvalue weighted by atomic mass is 9.77. The van der Waals surface area contributed by atoms with Gasteiger partial charge >= 0.3 is 5.97 Å². The first-order chi connectivity index (χ1) is 17.5. The van der Waals surface area contributed by atoms with E-state index in [0.29, 0.717) is 5.69 Å². The van der Waals surface area contributed by atoms with Crippen molar-refractivity contribution in [1.29, 1.82) is 0 Å². The predicted octanol–water partition coefficient (Wildman–Crippen LogP) is 6.76. The highest BCUT2D eigenvalue weighted by Gasteiger charge is 2.52. The molecular weight excluding hydrogens is 446 g/mol. The lowest BCUT2D eigenvalue weighted by molar-refractivity contribution is 0.0249. The first kappa shape index (κ1) is 24.1. The van der Waals surface area contributed by atoms with E-state index in [1.807, 2.05) is 12.1 Å². The minimum Gasteiger partial charge on any atom is -0.439 e. The molecule has 0 radical (unpaired) electrons. The highest BCUT2D eigenvalue weighted by Crippen LogP contribution is 2.51. The Labute approximate surface area is 213 Å². The highest BCUT2D eigenvalue weighted by atomic mass is 16.6. The number of aromatic nitrogens is 2. The molecule has 36 heavy (non-hydrogen) atoms. The molecule has 0 fully saturated rings. The van der Waals surface area contributed by atoms with Crippen LogP contribution < -0.4 is 4.90 Å². The van der Waals surface area contributed by atoms with Crippen molar-refractivity contribution in [2.75, 3.05) is 18.0 Å². The summed E-state index contributed by atoms with van der Waals surface area (Å²) in [5.41, 5.74) is 6.74. The maximum atomic E-state index is 13.3. The fraction of sp³-hybridized carbons (Fsp3) is 0.355. The zero-order valence-corrected chi connectivity index (χ0v) is 22.0. The van der Waals surface area contributed by atoms with Crippen LogP contribution in [0.5, 0.6) is 0 Å². The lowest BCUT2D eigenvalue weighted by Crippen LogP contribution is -2.32. The number of ether oxygens (including phenoxy) is 1. The first-order valence-electron chi connectivity index (χ1n) is 13.1. The molecule has 3 heterocycles. The van der Waals surface area contributed by atoms with Crippen LogP contribution in [0.25, 0.3) is 10.9 Å². The smallest absolute Gasteiger partial charge is 0.358 e. The molecule has 5 heteroatoms. The topological polar surface area (TPSA) is 47.4 Å². The fourth-order valence-corrected chi connectivity index (χ4v) is 5.92. The van der Waals surface area contributed by atoms with Crippen LogP contribution in [0.3, 0.4) is 0 Å². The number of para-hydroxylation sites is 1. The third-order valence-electron chi connectivity index (χ3n) is 7.66. The molecule has 1 aliphatic heterocycles. The molecule has 0 bridgehead atoms. The second-order valence-electron chi connectivity index (χ2n) is 9.62. The summed E-state index contributed by atoms with van der Waals surface area (Å²) in [5.74, 6) is -0.373. The zero-order valence-electron chi connectivity index (χ0n) is 22.0. The minimum atomic E-state index is -1.06. The van der Waals surface area contributed by atoms with Crippen LogP contribution in [0.2, 0.25) is 0 Å². The van der Waals surface area contributed by atoms with Gasteiger partial charge in [-0.25, -0.2) is 9.78 Å². The Hall–Kier alpha value is -3.60. The average molecular weight is 482 g/mol. The van der Waals surface area contributed by atoms with E-state index in [-0.39, 0.29) is 5.97 Å². The second-order valence-corrected chi connectivity index (χ2v) is 9.62. The standard InChI is InChI=1S/C31H35N3O2/c1-6-9-19-34-22(5)28(24-13-10-11-15-27(24)34)31(26-14-12-18-32-29(26)30(35)36-31)25-17-16-23(20-21(25)4)33(7-2)8-3/h10-18,20H,6-9,19H2,1-5H3. The number of anilines is 1. The number of carbonyl (C=O) groups is 1. The Balaban J connectivity index is 1.85. The lowest BCUT2D eigenvalue weighted by Gasteiger charge is -2.33. The summed E-state index contributed by atoms with van der Waals surface area (Å²) in [4.78, 5) is 20.1. The Morgan fingerprint density at radius 2 is 1.75 bits per heavy atom. The van der Waals surface area contributed by atoms with Gasteiger partial charge in [-0.3, -0.25) is 0 Å². The molecule has 1 unspecified atom stereocenters. The molecule has 4 aromatic rings. The Morgan fingerprint density at radius 1 is 0.972 bits per heavy atom. The SMILES string of the molecule is CCCCn1c(C)c(C2(c3ccc(N(CC)CC)cc3C)OC(=O)c3ncccc32)c2ccccc21. The molecule has 186 valence electrons. The molecule has 5 nitrogen and oxygen atoms in total. The number of carbonyl (C=O) groups excluding carboxylic acids is 1. The van der Waals surface area contributed by atoms with Gasteiger partial charge in [0.05, 0.1) is 0 Å². The van der Waals surface area contributed by atoms with Crippen molar-refractivity contribution in [3.05, 3.63) is 94.4 Å². The van der Waals surface area contributed by atoms with Gasteiger partial charge in [-0.2, -0.15) is 0 Å². The van der Waals surface area contributed by atoms with Gasteiger partial charge in [0.25, 0.3) is 0 Å². The number of nitrogens with zero attached hydrogens (tertiary/aromatic N) is 3. The van der Waals surface area contributed by atoms with Crippen molar-refractivity contribution in [3.63, 3.8) is 0 Å². The molecule has 2 aromatic carbocycles. The summed E-state index contributed by atoms with van der Waals surface area (Å²) in [6, 6.07) is 18.9. The number of aryl methyl sites for hydroxylation is 2. The van der Waals surface area contributed by atoms with E-state index in [9.17, 15) is 4.79 Å². The summed E-state index contributed by atoms with van der Waals surface area (Å²) < 4.78 is 8.89. The number of hydrogen-bond donors (Lipinski definition) is 0. The van der Waals surface area contributed by atoms with Gasteiger partial charge in [-0.15, -0.1) is 0 Å². The van der Waals surface area contributed by atoms with Gasteiger partial charge in [-0.05, 0) is 63.9 Å². The molecule has 0 amide bonds. The largest absolute Gasteiger partial charge is 0.439 e. The minimum absolute atomic E-state index is 0.373. The predicted molar refractivity (Wildman–Crippen MR) is 146 cm³/mol. The van der Waals surface area contributed by atoms with Gasteiger partial charge in [0, 0.05) is 64.8 Å². The Kier molecular flexibility index (Phi) is 6.33. The van der Waals surface area contributed by atoms with Gasteiger partial charge in [0.1, 0.15) is 0 Å². The monoisotopic (exact) mass is 481 g/mol. The molecule has 0 aliphatic carbocycles. The van der Waals surface area contributed by atoms with Crippen LogP contribution >= 0.6 is 0 Å². The van der Waals surface area contributed by atoms with E-state index in [2.05, 4.69) is 91.5 Å². The summed E-state index contributed by atoms with van der Waals surface area (Å²) in [6.07, 6.45) is 3.87. The van der Waals surface area contributed by atoms with Gasteiger partial charge < -0.3 is 14.2 Å². The van der Waals surface area contributed by atoms with Crippen molar-refractivity contribution < 1.29 is 9.53 Å². The highest BCUT2D eigenvalue weighted by molar-refractivity contribution is 5.97. The van der Waals surface area contributed by atoms with E-state index in [0.717, 1.165) is 65.8 Å². The van der Waals surface area contributed by atoms with E-state index < -0.39 is 5.60 Å². The maximum Gasteiger partial charge on any atom is 0.358 e. The molecule has 2 aromatic heterocycles. The van der Waals surface area contributed by atoms with Gasteiger partial charge in [0.15, 0.2) is 11.3 Å². The molecule has 1 aliphatic rings. The van der Waals surface area contributed by atoms with E-state index in [1.165, 1.54) is 11.2 Å². The number of hydrogen-bond acceptors (Lipinski definition) is 4. The third-order valence-corrected chi connectivity index (χ3v) is 7.66. The average Bonchev–Trinajstić information content (AvgIpc) is 3.34. The normalized spacial score (nSPS) is 16.9. The van der Waals surface area contributed by atoms with Crippen molar-refractivity contribution in [2.24, 2.45) is 0 Å². The molecule has 0 saturated carbocycles. The Bertz CT molecular complexity index is 1430. The quantitative estimate of drug-likeness (QED) is 0.261. The second kappa shape index (κ2) is 9.45. The van der Waals surface area contributed by atoms with Crippen LogP contribution in [-0.4, -0.2) is 28.6 Å². The molecule has 0 saturated heterocycles.